The molecule has 0 unspecified atom stereocenters. The zero-order valence-electron chi connectivity index (χ0n) is 8.59. The summed E-state index contributed by atoms with van der Waals surface area (Å²) in [6.07, 6.45) is 7.57. The molecule has 1 N–H and O–H groups in total. The Balaban J connectivity index is 1.95. The number of nitrogens with zero attached hydrogens (tertiary/aromatic N) is 1. The first-order chi connectivity index (χ1) is 6.85. The van der Waals surface area contributed by atoms with Crippen LogP contribution in [0.25, 0.3) is 0 Å². The van der Waals surface area contributed by atoms with Crippen molar-refractivity contribution in [3.8, 4) is 12.3 Å². The SMILES string of the molecule is C#CCN1CCOC2(CCNCC2)C1. The fraction of sp³-hybridized carbons (Fsp3) is 0.818. The Kier molecular flexibility index (Phi) is 3.07. The molecule has 14 heavy (non-hydrogen) atoms. The molecule has 0 saturated carbocycles. The van der Waals surface area contributed by atoms with Crippen LogP contribution in [-0.2, 0) is 4.74 Å². The molecule has 2 fully saturated rings. The number of hydrogen-bond donors (Lipinski definition) is 1. The van der Waals surface area contributed by atoms with Gasteiger partial charge in [0.2, 0.25) is 0 Å². The molecule has 0 radical (unpaired) electrons. The third-order valence-electron chi connectivity index (χ3n) is 3.16. The van der Waals surface area contributed by atoms with Crippen LogP contribution in [0.3, 0.4) is 0 Å². The second-order valence-electron chi connectivity index (χ2n) is 4.20. The quantitative estimate of drug-likeness (QED) is 0.598. The van der Waals surface area contributed by atoms with Gasteiger partial charge in [-0.05, 0) is 25.9 Å². The monoisotopic (exact) mass is 194 g/mol. The molecule has 0 atom stereocenters. The van der Waals surface area contributed by atoms with E-state index in [9.17, 15) is 0 Å². The molecule has 0 aromatic heterocycles. The highest BCUT2D eigenvalue weighted by Gasteiger charge is 2.37. The number of morpholine rings is 1. The molecule has 3 heteroatoms. The number of terminal acetylenes is 1. The Morgan fingerprint density at radius 3 is 2.93 bits per heavy atom. The fourth-order valence-electron chi connectivity index (χ4n) is 2.37. The van der Waals surface area contributed by atoms with Crippen molar-refractivity contribution in [2.75, 3.05) is 39.3 Å². The highest BCUT2D eigenvalue weighted by Crippen LogP contribution is 2.27. The topological polar surface area (TPSA) is 24.5 Å². The van der Waals surface area contributed by atoms with Crippen molar-refractivity contribution in [1.82, 2.24) is 10.2 Å². The summed E-state index contributed by atoms with van der Waals surface area (Å²) in [6.45, 7) is 5.74. The maximum absolute atomic E-state index is 5.93. The van der Waals surface area contributed by atoms with E-state index in [1.54, 1.807) is 0 Å². The zero-order chi connectivity index (χ0) is 9.86. The van der Waals surface area contributed by atoms with Gasteiger partial charge in [0.1, 0.15) is 0 Å². The summed E-state index contributed by atoms with van der Waals surface area (Å²) in [5.41, 5.74) is 0.0976. The molecule has 0 bridgehead atoms. The maximum Gasteiger partial charge on any atom is 0.0833 e. The summed E-state index contributed by atoms with van der Waals surface area (Å²) in [5.74, 6) is 2.71. The first-order valence-electron chi connectivity index (χ1n) is 5.35. The first-order valence-corrected chi connectivity index (χ1v) is 5.35. The van der Waals surface area contributed by atoms with Gasteiger partial charge in [-0.1, -0.05) is 5.92 Å². The largest absolute Gasteiger partial charge is 0.372 e. The predicted molar refractivity (Wildman–Crippen MR) is 56.1 cm³/mol. The van der Waals surface area contributed by atoms with Crippen molar-refractivity contribution in [1.29, 1.82) is 0 Å². The normalized spacial score (nSPS) is 27.4. The van der Waals surface area contributed by atoms with Gasteiger partial charge in [-0.25, -0.2) is 0 Å². The minimum absolute atomic E-state index is 0.0976. The molecule has 0 aliphatic carbocycles. The number of rotatable bonds is 1. The second-order valence-corrected chi connectivity index (χ2v) is 4.20. The predicted octanol–water partition coefficient (Wildman–Crippen LogP) is 0.0740. The van der Waals surface area contributed by atoms with Gasteiger partial charge in [-0.15, -0.1) is 6.42 Å². The lowest BCUT2D eigenvalue weighted by molar-refractivity contribution is -0.120. The molecule has 2 aliphatic rings. The van der Waals surface area contributed by atoms with Crippen LogP contribution >= 0.6 is 0 Å². The van der Waals surface area contributed by atoms with Crippen molar-refractivity contribution in [2.24, 2.45) is 0 Å². The molecule has 2 aliphatic heterocycles. The molecule has 0 amide bonds. The molecular weight excluding hydrogens is 176 g/mol. The first kappa shape index (κ1) is 9.97. The van der Waals surface area contributed by atoms with Crippen molar-refractivity contribution in [3.63, 3.8) is 0 Å². The molecule has 3 nitrogen and oxygen atoms in total. The molecule has 0 aromatic carbocycles. The summed E-state index contributed by atoms with van der Waals surface area (Å²) in [5, 5.41) is 3.36. The van der Waals surface area contributed by atoms with Crippen LogP contribution in [0.15, 0.2) is 0 Å². The van der Waals surface area contributed by atoms with Crippen molar-refractivity contribution < 1.29 is 4.74 Å². The summed E-state index contributed by atoms with van der Waals surface area (Å²) < 4.78 is 5.93. The van der Waals surface area contributed by atoms with Gasteiger partial charge in [0.15, 0.2) is 0 Å². The van der Waals surface area contributed by atoms with E-state index in [4.69, 9.17) is 11.2 Å². The summed E-state index contributed by atoms with van der Waals surface area (Å²) in [4.78, 5) is 2.33. The van der Waals surface area contributed by atoms with Crippen molar-refractivity contribution in [2.45, 2.75) is 18.4 Å². The Morgan fingerprint density at radius 1 is 1.43 bits per heavy atom. The minimum Gasteiger partial charge on any atom is -0.372 e. The van der Waals surface area contributed by atoms with Gasteiger partial charge in [-0.2, -0.15) is 0 Å². The van der Waals surface area contributed by atoms with Crippen molar-refractivity contribution >= 4 is 0 Å². The molecule has 1 spiro atoms. The van der Waals surface area contributed by atoms with Crippen LogP contribution < -0.4 is 5.32 Å². The Morgan fingerprint density at radius 2 is 2.21 bits per heavy atom. The van der Waals surface area contributed by atoms with E-state index in [1.165, 1.54) is 0 Å². The number of ether oxygens (including phenoxy) is 1. The van der Waals surface area contributed by atoms with E-state index in [-0.39, 0.29) is 5.60 Å². The van der Waals surface area contributed by atoms with Crippen LogP contribution in [0.5, 0.6) is 0 Å². The van der Waals surface area contributed by atoms with E-state index in [1.807, 2.05) is 0 Å². The van der Waals surface area contributed by atoms with Crippen LogP contribution in [0, 0.1) is 12.3 Å². The molecule has 78 valence electrons. The summed E-state index contributed by atoms with van der Waals surface area (Å²) in [7, 11) is 0. The van der Waals surface area contributed by atoms with Gasteiger partial charge in [0.25, 0.3) is 0 Å². The highest BCUT2D eigenvalue weighted by molar-refractivity contribution is 4.96. The van der Waals surface area contributed by atoms with E-state index in [0.29, 0.717) is 0 Å². The van der Waals surface area contributed by atoms with Gasteiger partial charge < -0.3 is 10.1 Å². The van der Waals surface area contributed by atoms with E-state index >= 15 is 0 Å². The highest BCUT2D eigenvalue weighted by atomic mass is 16.5. The number of piperidine rings is 1. The lowest BCUT2D eigenvalue weighted by atomic mass is 9.90. The van der Waals surface area contributed by atoms with Gasteiger partial charge in [0, 0.05) is 13.1 Å². The van der Waals surface area contributed by atoms with Crippen molar-refractivity contribution in [3.05, 3.63) is 0 Å². The molecule has 2 saturated heterocycles. The Hall–Kier alpha value is -0.560. The lowest BCUT2D eigenvalue weighted by Gasteiger charge is -2.44. The standard InChI is InChI=1S/C11H18N2O/c1-2-7-13-8-9-14-11(10-13)3-5-12-6-4-11/h1,12H,3-10H2. The third kappa shape index (κ3) is 2.09. The summed E-state index contributed by atoms with van der Waals surface area (Å²) >= 11 is 0. The number of nitrogens with one attached hydrogen (secondary N) is 1. The fourth-order valence-corrected chi connectivity index (χ4v) is 2.37. The van der Waals surface area contributed by atoms with E-state index in [0.717, 1.165) is 52.2 Å². The second kappa shape index (κ2) is 4.31. The Bertz CT molecular complexity index is 222. The zero-order valence-corrected chi connectivity index (χ0v) is 8.59. The molecule has 2 heterocycles. The average molecular weight is 194 g/mol. The molecule has 0 aromatic rings. The average Bonchev–Trinajstić information content (AvgIpc) is 2.19. The lowest BCUT2D eigenvalue weighted by Crippen LogP contribution is -2.56. The van der Waals surface area contributed by atoms with Crippen LogP contribution in [0.1, 0.15) is 12.8 Å². The van der Waals surface area contributed by atoms with E-state index in [2.05, 4.69) is 16.1 Å². The van der Waals surface area contributed by atoms with E-state index < -0.39 is 0 Å². The van der Waals surface area contributed by atoms with Crippen LogP contribution in [0.2, 0.25) is 0 Å². The molecular formula is C11H18N2O. The minimum atomic E-state index is 0.0976. The molecule has 2 rings (SSSR count). The van der Waals surface area contributed by atoms with Crippen LogP contribution in [0.4, 0.5) is 0 Å². The van der Waals surface area contributed by atoms with Crippen LogP contribution in [-0.4, -0.2) is 49.8 Å². The number of hydrogen-bond acceptors (Lipinski definition) is 3. The van der Waals surface area contributed by atoms with Gasteiger partial charge in [-0.3, -0.25) is 4.90 Å². The van der Waals surface area contributed by atoms with Gasteiger partial charge >= 0.3 is 0 Å². The maximum atomic E-state index is 5.93. The summed E-state index contributed by atoms with van der Waals surface area (Å²) in [6, 6.07) is 0. The third-order valence-corrected chi connectivity index (χ3v) is 3.16. The van der Waals surface area contributed by atoms with Gasteiger partial charge in [0.05, 0.1) is 18.8 Å². The smallest absolute Gasteiger partial charge is 0.0833 e. The Labute approximate surface area is 85.8 Å².